The molecule has 1 aromatic carbocycles. The summed E-state index contributed by atoms with van der Waals surface area (Å²) in [6.07, 6.45) is 1.15. The molecule has 1 aromatic heterocycles. The lowest BCUT2D eigenvalue weighted by Gasteiger charge is -2.47. The molecule has 1 atom stereocenters. The number of alkyl halides is 3. The van der Waals surface area contributed by atoms with Crippen LogP contribution in [0.15, 0.2) is 36.5 Å². The molecule has 2 amide bonds. The number of hydrogen-bond donors (Lipinski definition) is 1. The van der Waals surface area contributed by atoms with Crippen LogP contribution in [0.1, 0.15) is 55.3 Å². The van der Waals surface area contributed by atoms with E-state index in [0.29, 0.717) is 56.9 Å². The van der Waals surface area contributed by atoms with E-state index in [2.05, 4.69) is 4.98 Å². The first kappa shape index (κ1) is 28.3. The molecule has 1 aliphatic carbocycles. The van der Waals surface area contributed by atoms with Gasteiger partial charge in [-0.3, -0.25) is 9.59 Å². The predicted octanol–water partition coefficient (Wildman–Crippen LogP) is 4.80. The lowest BCUT2D eigenvalue weighted by atomic mass is 9.67. The van der Waals surface area contributed by atoms with Gasteiger partial charge in [-0.25, -0.2) is 9.37 Å². The van der Waals surface area contributed by atoms with Gasteiger partial charge in [-0.1, -0.05) is 12.5 Å². The molecular formula is C29H34F4N4O3. The van der Waals surface area contributed by atoms with Crippen molar-refractivity contribution in [1.29, 1.82) is 0 Å². The highest BCUT2D eigenvalue weighted by Crippen LogP contribution is 2.53. The van der Waals surface area contributed by atoms with Gasteiger partial charge >= 0.3 is 6.18 Å². The Morgan fingerprint density at radius 3 is 2.38 bits per heavy atom. The Balaban J connectivity index is 1.12. The molecule has 216 valence electrons. The number of likely N-dealkylation sites (tertiary alicyclic amines) is 2. The lowest BCUT2D eigenvalue weighted by molar-refractivity contribution is -0.256. The first-order valence-electron chi connectivity index (χ1n) is 13.8. The average Bonchev–Trinajstić information content (AvgIpc) is 3.40. The van der Waals surface area contributed by atoms with Crippen LogP contribution in [-0.4, -0.2) is 71.6 Å². The maximum Gasteiger partial charge on any atom is 0.395 e. The summed E-state index contributed by atoms with van der Waals surface area (Å²) < 4.78 is 61.3. The molecule has 11 heteroatoms. The smallest absolute Gasteiger partial charge is 0.395 e. The second kappa shape index (κ2) is 11.3. The fraction of sp³-hybridized carbons (Fsp3) is 0.552. The van der Waals surface area contributed by atoms with Gasteiger partial charge < -0.3 is 20.3 Å². The Labute approximate surface area is 230 Å². The first-order chi connectivity index (χ1) is 19.1. The van der Waals surface area contributed by atoms with Gasteiger partial charge in [0.1, 0.15) is 11.9 Å². The Morgan fingerprint density at radius 1 is 1.05 bits per heavy atom. The zero-order chi connectivity index (χ0) is 28.5. The van der Waals surface area contributed by atoms with E-state index in [1.165, 1.54) is 23.2 Å². The first-order valence-corrected chi connectivity index (χ1v) is 13.8. The van der Waals surface area contributed by atoms with Crippen molar-refractivity contribution < 1.29 is 31.9 Å². The van der Waals surface area contributed by atoms with E-state index in [0.717, 1.165) is 18.9 Å². The third-order valence-corrected chi connectivity index (χ3v) is 8.72. The maximum absolute atomic E-state index is 15.0. The predicted molar refractivity (Wildman–Crippen MR) is 140 cm³/mol. The molecule has 40 heavy (non-hydrogen) atoms. The number of nitrogens with zero attached hydrogens (tertiary/aromatic N) is 3. The molecule has 5 rings (SSSR count). The summed E-state index contributed by atoms with van der Waals surface area (Å²) in [5.41, 5.74) is 4.81. The molecule has 0 bridgehead atoms. The monoisotopic (exact) mass is 562 g/mol. The van der Waals surface area contributed by atoms with Gasteiger partial charge in [0, 0.05) is 42.0 Å². The second-order valence-electron chi connectivity index (χ2n) is 11.3. The van der Waals surface area contributed by atoms with E-state index < -0.39 is 35.3 Å². The van der Waals surface area contributed by atoms with Gasteiger partial charge in [0.05, 0.1) is 12.0 Å². The van der Waals surface area contributed by atoms with Gasteiger partial charge in [-0.2, -0.15) is 13.2 Å². The van der Waals surface area contributed by atoms with Crippen LogP contribution in [0, 0.1) is 17.2 Å². The van der Waals surface area contributed by atoms with Crippen molar-refractivity contribution in [2.24, 2.45) is 17.1 Å². The van der Waals surface area contributed by atoms with Crippen LogP contribution in [0.3, 0.4) is 0 Å². The number of carbonyl (C=O) groups is 2. The number of aromatic nitrogens is 1. The normalized spacial score (nSPS) is 21.7. The van der Waals surface area contributed by atoms with Crippen molar-refractivity contribution >= 4 is 11.8 Å². The number of amides is 2. The van der Waals surface area contributed by atoms with Crippen LogP contribution in [0.4, 0.5) is 17.6 Å². The largest absolute Gasteiger partial charge is 0.477 e. The maximum atomic E-state index is 15.0. The van der Waals surface area contributed by atoms with Gasteiger partial charge in [0.2, 0.25) is 11.8 Å². The van der Waals surface area contributed by atoms with Crippen molar-refractivity contribution in [3.8, 4) is 17.0 Å². The Morgan fingerprint density at radius 2 is 1.80 bits per heavy atom. The van der Waals surface area contributed by atoms with Crippen LogP contribution in [-0.2, 0) is 4.79 Å². The van der Waals surface area contributed by atoms with Crippen LogP contribution in [0.25, 0.3) is 11.1 Å². The molecule has 7 nitrogen and oxygen atoms in total. The zero-order valence-corrected chi connectivity index (χ0v) is 22.3. The molecule has 3 heterocycles. The highest BCUT2D eigenvalue weighted by Gasteiger charge is 2.58. The number of carbonyl (C=O) groups excluding carboxylic acids is 2. The summed E-state index contributed by atoms with van der Waals surface area (Å²) in [4.78, 5) is 32.1. The molecule has 2 saturated heterocycles. The molecule has 2 N–H and O–H groups in total. The number of piperidine rings is 1. The SMILES string of the molecule is NC(=O)C1CCCN1C(=O)c1ccc(-c2ccc(OCC3CCN(CC4(C(F)(F)F)CCC4)CC3)nc2)c(F)c1. The minimum absolute atomic E-state index is 0.0882. The van der Waals surface area contributed by atoms with E-state index >= 15 is 0 Å². The summed E-state index contributed by atoms with van der Waals surface area (Å²) in [6, 6.07) is 6.85. The van der Waals surface area contributed by atoms with Crippen LogP contribution in [0.2, 0.25) is 0 Å². The number of benzene rings is 1. The number of primary amides is 1. The molecule has 0 spiro atoms. The van der Waals surface area contributed by atoms with Gasteiger partial charge in [0.25, 0.3) is 5.91 Å². The van der Waals surface area contributed by atoms with Gasteiger partial charge in [-0.15, -0.1) is 0 Å². The van der Waals surface area contributed by atoms with Crippen LogP contribution < -0.4 is 10.5 Å². The summed E-state index contributed by atoms with van der Waals surface area (Å²) in [7, 11) is 0. The summed E-state index contributed by atoms with van der Waals surface area (Å²) in [6.45, 7) is 2.15. The molecular weight excluding hydrogens is 528 g/mol. The Bertz CT molecular complexity index is 1220. The fourth-order valence-electron chi connectivity index (χ4n) is 6.06. The lowest BCUT2D eigenvalue weighted by Crippen LogP contribution is -2.53. The third kappa shape index (κ3) is 5.80. The summed E-state index contributed by atoms with van der Waals surface area (Å²) in [5, 5.41) is 0. The molecule has 1 saturated carbocycles. The number of ether oxygens (including phenoxy) is 1. The minimum Gasteiger partial charge on any atom is -0.477 e. The van der Waals surface area contributed by atoms with Crippen molar-refractivity contribution in [3.63, 3.8) is 0 Å². The number of pyridine rings is 1. The summed E-state index contributed by atoms with van der Waals surface area (Å²) >= 11 is 0. The van der Waals surface area contributed by atoms with Crippen molar-refractivity contribution in [2.75, 3.05) is 32.8 Å². The summed E-state index contributed by atoms with van der Waals surface area (Å²) in [5.74, 6) is -0.965. The number of hydrogen-bond acceptors (Lipinski definition) is 5. The Kier molecular flexibility index (Phi) is 8.03. The molecule has 2 aliphatic heterocycles. The number of nitrogens with two attached hydrogens (primary N) is 1. The van der Waals surface area contributed by atoms with Gasteiger partial charge in [0.15, 0.2) is 0 Å². The third-order valence-electron chi connectivity index (χ3n) is 8.72. The quantitative estimate of drug-likeness (QED) is 0.467. The molecule has 0 radical (unpaired) electrons. The van der Waals surface area contributed by atoms with Crippen molar-refractivity contribution in [1.82, 2.24) is 14.8 Å². The topological polar surface area (TPSA) is 88.8 Å². The average molecular weight is 563 g/mol. The molecule has 3 fully saturated rings. The van der Waals surface area contributed by atoms with Gasteiger partial charge in [-0.05, 0) is 75.7 Å². The van der Waals surface area contributed by atoms with E-state index in [-0.39, 0.29) is 36.4 Å². The zero-order valence-electron chi connectivity index (χ0n) is 22.3. The van der Waals surface area contributed by atoms with Crippen LogP contribution >= 0.6 is 0 Å². The number of rotatable bonds is 8. The van der Waals surface area contributed by atoms with E-state index in [4.69, 9.17) is 10.5 Å². The minimum atomic E-state index is -4.14. The van der Waals surface area contributed by atoms with Crippen LogP contribution in [0.5, 0.6) is 5.88 Å². The molecule has 2 aromatic rings. The highest BCUT2D eigenvalue weighted by atomic mass is 19.4. The fourth-order valence-corrected chi connectivity index (χ4v) is 6.06. The van der Waals surface area contributed by atoms with E-state index in [9.17, 15) is 27.2 Å². The highest BCUT2D eigenvalue weighted by molar-refractivity contribution is 5.98. The molecule has 3 aliphatic rings. The number of halogens is 4. The standard InChI is InChI=1S/C29H34F4N4O3/c30-23-15-20(27(39)37-12-1-3-24(37)26(34)38)4-6-22(23)21-5-7-25(35-16-21)40-17-19-8-13-36(14-9-19)18-28(10-2-11-28)29(31,32)33/h4-7,15-16,19,24H,1-3,8-14,17-18H2,(H2,34,38). The Hall–Kier alpha value is -3.21. The molecule has 1 unspecified atom stereocenters. The van der Waals surface area contributed by atoms with E-state index in [1.54, 1.807) is 12.1 Å². The van der Waals surface area contributed by atoms with Crippen molar-refractivity contribution in [3.05, 3.63) is 47.9 Å². The second-order valence-corrected chi connectivity index (χ2v) is 11.3. The van der Waals surface area contributed by atoms with Crippen molar-refractivity contribution in [2.45, 2.75) is 57.2 Å². The van der Waals surface area contributed by atoms with E-state index in [1.807, 2.05) is 4.90 Å².